The van der Waals surface area contributed by atoms with Gasteiger partial charge in [0.2, 0.25) is 0 Å². The second-order valence-electron chi connectivity index (χ2n) is 5.99. The Balaban J connectivity index is 2.10. The van der Waals surface area contributed by atoms with E-state index in [1.54, 1.807) is 20.3 Å². The van der Waals surface area contributed by atoms with Crippen LogP contribution in [0.2, 0.25) is 5.02 Å². The summed E-state index contributed by atoms with van der Waals surface area (Å²) in [4.78, 5) is 11.0. The van der Waals surface area contributed by atoms with Crippen LogP contribution < -0.4 is 9.47 Å². The minimum absolute atomic E-state index is 0.0515. The molecule has 0 saturated carbocycles. The van der Waals surface area contributed by atoms with Gasteiger partial charge in [0.1, 0.15) is 11.5 Å². The summed E-state index contributed by atoms with van der Waals surface area (Å²) >= 11 is 6.32. The molecule has 0 fully saturated rings. The third-order valence-corrected chi connectivity index (χ3v) is 4.63. The van der Waals surface area contributed by atoms with Crippen LogP contribution in [-0.2, 0) is 11.2 Å². The van der Waals surface area contributed by atoms with Crippen molar-refractivity contribution < 1.29 is 19.4 Å². The van der Waals surface area contributed by atoms with Gasteiger partial charge in [0.15, 0.2) is 0 Å². The molecule has 1 heterocycles. The normalized spacial score (nSPS) is 10.6. The Kier molecular flexibility index (Phi) is 5.72. The molecule has 3 aromatic rings. The molecule has 0 atom stereocenters. The summed E-state index contributed by atoms with van der Waals surface area (Å²) in [5.41, 5.74) is 3.67. The van der Waals surface area contributed by atoms with Crippen LogP contribution >= 0.6 is 11.6 Å². The first kappa shape index (κ1) is 18.9. The molecule has 140 valence electrons. The monoisotopic (exact) mass is 385 g/mol. The van der Waals surface area contributed by atoms with Crippen LogP contribution in [0.3, 0.4) is 0 Å². The zero-order valence-corrected chi connectivity index (χ0v) is 15.9. The molecule has 1 aromatic heterocycles. The summed E-state index contributed by atoms with van der Waals surface area (Å²) in [6.07, 6.45) is 0.463. The first-order valence-corrected chi connectivity index (χ1v) is 8.82. The van der Waals surface area contributed by atoms with Gasteiger partial charge in [0, 0.05) is 11.4 Å². The van der Waals surface area contributed by atoms with Crippen LogP contribution in [0.15, 0.2) is 54.6 Å². The maximum atomic E-state index is 11.0. The van der Waals surface area contributed by atoms with E-state index in [1.807, 2.05) is 53.1 Å². The fraction of sp³-hybridized carbons (Fsp3) is 0.190. The fourth-order valence-electron chi connectivity index (χ4n) is 3.00. The van der Waals surface area contributed by atoms with Crippen molar-refractivity contribution in [3.05, 3.63) is 65.3 Å². The molecule has 27 heavy (non-hydrogen) atoms. The molecule has 0 aliphatic carbocycles. The Morgan fingerprint density at radius 2 is 1.78 bits per heavy atom. The summed E-state index contributed by atoms with van der Waals surface area (Å²) in [6, 6.07) is 17.2. The van der Waals surface area contributed by atoms with Crippen molar-refractivity contribution in [1.82, 2.24) is 4.57 Å². The van der Waals surface area contributed by atoms with Crippen molar-refractivity contribution in [3.8, 4) is 28.4 Å². The molecule has 0 aliphatic heterocycles. The molecule has 1 N–H and O–H groups in total. The van der Waals surface area contributed by atoms with E-state index in [-0.39, 0.29) is 6.42 Å². The number of ether oxygens (including phenoxy) is 2. The predicted octanol–water partition coefficient (Wildman–Crippen LogP) is 4.83. The predicted molar refractivity (Wildman–Crippen MR) is 105 cm³/mol. The number of benzene rings is 2. The maximum absolute atomic E-state index is 11.0. The number of hydrogen-bond acceptors (Lipinski definition) is 3. The summed E-state index contributed by atoms with van der Waals surface area (Å²) < 4.78 is 12.5. The van der Waals surface area contributed by atoms with E-state index in [0.29, 0.717) is 17.2 Å². The van der Waals surface area contributed by atoms with Gasteiger partial charge in [-0.3, -0.25) is 4.79 Å². The molecule has 0 unspecified atom stereocenters. The number of carbonyl (C=O) groups is 1. The van der Waals surface area contributed by atoms with Crippen LogP contribution in [0.4, 0.5) is 0 Å². The molecule has 0 amide bonds. The first-order chi connectivity index (χ1) is 13.0. The number of methoxy groups -OCH3 is 2. The Hall–Kier alpha value is -2.92. The number of aryl methyl sites for hydroxylation is 1. The van der Waals surface area contributed by atoms with Crippen LogP contribution in [0.25, 0.3) is 16.9 Å². The number of carboxylic acids is 1. The van der Waals surface area contributed by atoms with E-state index >= 15 is 0 Å². The van der Waals surface area contributed by atoms with Gasteiger partial charge in [-0.2, -0.15) is 0 Å². The van der Waals surface area contributed by atoms with Crippen molar-refractivity contribution in [3.63, 3.8) is 0 Å². The largest absolute Gasteiger partial charge is 0.497 e. The number of hydrogen-bond donors (Lipinski definition) is 1. The topological polar surface area (TPSA) is 60.7 Å². The second-order valence-corrected chi connectivity index (χ2v) is 6.39. The van der Waals surface area contributed by atoms with Gasteiger partial charge in [0.25, 0.3) is 0 Å². The summed E-state index contributed by atoms with van der Waals surface area (Å²) in [5, 5.41) is 9.56. The minimum atomic E-state index is -0.832. The van der Waals surface area contributed by atoms with Gasteiger partial charge in [-0.15, -0.1) is 0 Å². The van der Waals surface area contributed by atoms with Gasteiger partial charge in [0.05, 0.1) is 31.4 Å². The van der Waals surface area contributed by atoms with Crippen molar-refractivity contribution in [1.29, 1.82) is 0 Å². The Bertz CT molecular complexity index is 947. The van der Waals surface area contributed by atoms with Crippen LogP contribution in [0.1, 0.15) is 12.1 Å². The number of carboxylic acid groups (broad SMARTS) is 1. The molecular weight excluding hydrogens is 366 g/mol. The van der Waals surface area contributed by atoms with E-state index in [1.165, 1.54) is 0 Å². The molecule has 6 heteroatoms. The van der Waals surface area contributed by atoms with E-state index < -0.39 is 5.97 Å². The number of aromatic nitrogens is 1. The van der Waals surface area contributed by atoms with Gasteiger partial charge < -0.3 is 19.1 Å². The van der Waals surface area contributed by atoms with E-state index in [0.717, 1.165) is 28.4 Å². The van der Waals surface area contributed by atoms with E-state index in [2.05, 4.69) is 0 Å². The van der Waals surface area contributed by atoms with Gasteiger partial charge in [-0.1, -0.05) is 11.6 Å². The Labute approximate surface area is 162 Å². The Morgan fingerprint density at radius 1 is 1.04 bits per heavy atom. The average Bonchev–Trinajstić information content (AvgIpc) is 3.10. The lowest BCUT2D eigenvalue weighted by Crippen LogP contribution is -2.05. The van der Waals surface area contributed by atoms with Crippen molar-refractivity contribution >= 4 is 17.6 Å². The number of halogens is 1. The van der Waals surface area contributed by atoms with E-state index in [4.69, 9.17) is 26.2 Å². The molecule has 0 aliphatic rings. The maximum Gasteiger partial charge on any atom is 0.303 e. The van der Waals surface area contributed by atoms with Crippen molar-refractivity contribution in [2.75, 3.05) is 14.2 Å². The SMILES string of the molecule is COc1ccc(-c2ccc(CCC(=O)O)n2-c2ccc(OC)c(Cl)c2)cc1. The lowest BCUT2D eigenvalue weighted by atomic mass is 10.1. The van der Waals surface area contributed by atoms with Crippen LogP contribution in [0.5, 0.6) is 11.5 Å². The molecule has 0 radical (unpaired) electrons. The minimum Gasteiger partial charge on any atom is -0.497 e. The average molecular weight is 386 g/mol. The highest BCUT2D eigenvalue weighted by Gasteiger charge is 2.14. The van der Waals surface area contributed by atoms with E-state index in [9.17, 15) is 4.79 Å². The lowest BCUT2D eigenvalue weighted by Gasteiger charge is -2.15. The summed E-state index contributed by atoms with van der Waals surface area (Å²) in [7, 11) is 3.19. The van der Waals surface area contributed by atoms with Gasteiger partial charge in [-0.05, 0) is 66.6 Å². The first-order valence-electron chi connectivity index (χ1n) is 8.44. The zero-order valence-electron chi connectivity index (χ0n) is 15.1. The van der Waals surface area contributed by atoms with Crippen LogP contribution in [0, 0.1) is 0 Å². The highest BCUT2D eigenvalue weighted by atomic mass is 35.5. The third kappa shape index (κ3) is 4.09. The van der Waals surface area contributed by atoms with Crippen molar-refractivity contribution in [2.24, 2.45) is 0 Å². The number of rotatable bonds is 7. The molecule has 0 bridgehead atoms. The standard InChI is InChI=1S/C21H20ClNO4/c1-26-17-8-3-14(4-9-17)19-10-5-15(7-12-21(24)25)23(19)16-6-11-20(27-2)18(22)13-16/h3-6,8-11,13H,7,12H2,1-2H3,(H,24,25). The summed E-state index contributed by atoms with van der Waals surface area (Å²) in [5.74, 6) is 0.530. The number of aliphatic carboxylic acids is 1. The molecule has 5 nitrogen and oxygen atoms in total. The molecule has 3 rings (SSSR count). The van der Waals surface area contributed by atoms with Gasteiger partial charge >= 0.3 is 5.97 Å². The second kappa shape index (κ2) is 8.18. The Morgan fingerprint density at radius 3 is 2.37 bits per heavy atom. The quantitative estimate of drug-likeness (QED) is 0.632. The van der Waals surface area contributed by atoms with Gasteiger partial charge in [-0.25, -0.2) is 0 Å². The molecule has 0 saturated heterocycles. The molecule has 2 aromatic carbocycles. The summed E-state index contributed by atoms with van der Waals surface area (Å²) in [6.45, 7) is 0. The smallest absolute Gasteiger partial charge is 0.303 e. The molecule has 0 spiro atoms. The molecular formula is C21H20ClNO4. The highest BCUT2D eigenvalue weighted by Crippen LogP contribution is 2.32. The zero-order chi connectivity index (χ0) is 19.4. The third-order valence-electron chi connectivity index (χ3n) is 4.34. The lowest BCUT2D eigenvalue weighted by molar-refractivity contribution is -0.136. The number of nitrogens with zero attached hydrogens (tertiary/aromatic N) is 1. The van der Waals surface area contributed by atoms with Crippen molar-refractivity contribution in [2.45, 2.75) is 12.8 Å². The fourth-order valence-corrected chi connectivity index (χ4v) is 3.25. The van der Waals surface area contributed by atoms with Crippen LogP contribution in [-0.4, -0.2) is 29.9 Å². The highest BCUT2D eigenvalue weighted by molar-refractivity contribution is 6.32.